The molecule has 3 aromatic rings. The summed E-state index contributed by atoms with van der Waals surface area (Å²) in [5.74, 6) is 0.840. The van der Waals surface area contributed by atoms with E-state index in [1.165, 1.54) is 22.3 Å². The number of hydrogen-bond acceptors (Lipinski definition) is 4. The number of rotatable bonds is 3. The van der Waals surface area contributed by atoms with Crippen molar-refractivity contribution in [3.05, 3.63) is 68.8 Å². The van der Waals surface area contributed by atoms with Gasteiger partial charge < -0.3 is 4.74 Å². The van der Waals surface area contributed by atoms with Crippen molar-refractivity contribution in [2.75, 3.05) is 14.2 Å². The molecule has 0 bridgehead atoms. The van der Waals surface area contributed by atoms with Crippen LogP contribution in [-0.4, -0.2) is 24.5 Å². The lowest BCUT2D eigenvalue weighted by atomic mass is 9.86. The van der Waals surface area contributed by atoms with E-state index < -0.39 is 0 Å². The highest BCUT2D eigenvalue weighted by molar-refractivity contribution is 7.07. The Kier molecular flexibility index (Phi) is 5.18. The van der Waals surface area contributed by atoms with Gasteiger partial charge in [0, 0.05) is 23.6 Å². The minimum absolute atomic E-state index is 0.840. The lowest BCUT2D eigenvalue weighted by Gasteiger charge is -2.21. The average molecular weight is 392 g/mol. The molecular formula is C23H25N3OS. The van der Waals surface area contributed by atoms with Gasteiger partial charge in [0.2, 0.25) is 4.80 Å². The Morgan fingerprint density at radius 2 is 1.89 bits per heavy atom. The van der Waals surface area contributed by atoms with Crippen LogP contribution in [0, 0.1) is 13.8 Å². The molecule has 0 radical (unpaired) electrons. The number of benzene rings is 2. The Bertz CT molecular complexity index is 1120. The van der Waals surface area contributed by atoms with Gasteiger partial charge in [0.15, 0.2) is 0 Å². The van der Waals surface area contributed by atoms with E-state index in [-0.39, 0.29) is 0 Å². The fourth-order valence-electron chi connectivity index (χ4n) is 3.97. The van der Waals surface area contributed by atoms with Crippen LogP contribution < -0.4 is 9.54 Å². The monoisotopic (exact) mass is 391 g/mol. The van der Waals surface area contributed by atoms with E-state index in [4.69, 9.17) is 9.84 Å². The number of aromatic nitrogens is 1. The standard InChI is InChI=1S/C23H25N3OS/c1-15-12-16(2)17-9-7-10-20(19(17)13-15)25-26-21(14-28-23(26)24-3)18-8-5-6-11-22(18)27-4/h5-6,8,11-14H,7,9-10H2,1-4H3. The van der Waals surface area contributed by atoms with Gasteiger partial charge in [-0.2, -0.15) is 5.10 Å². The molecular weight excluding hydrogens is 366 g/mol. The molecule has 2 aromatic carbocycles. The van der Waals surface area contributed by atoms with Gasteiger partial charge in [0.25, 0.3) is 0 Å². The van der Waals surface area contributed by atoms with Gasteiger partial charge in [-0.1, -0.05) is 23.8 Å². The number of thiazole rings is 1. The summed E-state index contributed by atoms with van der Waals surface area (Å²) in [6, 6.07) is 12.6. The summed E-state index contributed by atoms with van der Waals surface area (Å²) in [5, 5.41) is 7.23. The van der Waals surface area contributed by atoms with Crippen molar-refractivity contribution in [3.63, 3.8) is 0 Å². The number of ether oxygens (including phenoxy) is 1. The number of nitrogens with zero attached hydrogens (tertiary/aromatic N) is 3. The summed E-state index contributed by atoms with van der Waals surface area (Å²) in [5.41, 5.74) is 8.53. The summed E-state index contributed by atoms with van der Waals surface area (Å²) >= 11 is 1.60. The highest BCUT2D eigenvalue weighted by atomic mass is 32.1. The zero-order chi connectivity index (χ0) is 19.7. The summed E-state index contributed by atoms with van der Waals surface area (Å²) in [4.78, 5) is 5.34. The van der Waals surface area contributed by atoms with Gasteiger partial charge >= 0.3 is 0 Å². The first-order chi connectivity index (χ1) is 13.6. The molecule has 4 rings (SSSR count). The average Bonchev–Trinajstić information content (AvgIpc) is 3.11. The summed E-state index contributed by atoms with van der Waals surface area (Å²) < 4.78 is 7.56. The number of aryl methyl sites for hydroxylation is 2. The molecule has 0 saturated heterocycles. The topological polar surface area (TPSA) is 38.9 Å². The number of hydrogen-bond donors (Lipinski definition) is 0. The third-order valence-corrected chi connectivity index (χ3v) is 6.16. The van der Waals surface area contributed by atoms with E-state index in [2.05, 4.69) is 42.4 Å². The molecule has 0 fully saturated rings. The van der Waals surface area contributed by atoms with Gasteiger partial charge in [-0.15, -0.1) is 11.3 Å². The van der Waals surface area contributed by atoms with Crippen molar-refractivity contribution >= 4 is 17.0 Å². The smallest absolute Gasteiger partial charge is 0.205 e. The summed E-state index contributed by atoms with van der Waals surface area (Å²) in [7, 11) is 3.52. The van der Waals surface area contributed by atoms with Crippen LogP contribution in [0.25, 0.3) is 11.3 Å². The van der Waals surface area contributed by atoms with Crippen LogP contribution in [0.5, 0.6) is 5.75 Å². The maximum absolute atomic E-state index is 5.59. The van der Waals surface area contributed by atoms with Crippen LogP contribution in [0.2, 0.25) is 0 Å². The van der Waals surface area contributed by atoms with Gasteiger partial charge in [-0.25, -0.2) is 4.68 Å². The van der Waals surface area contributed by atoms with Crippen LogP contribution in [-0.2, 0) is 6.42 Å². The van der Waals surface area contributed by atoms with Crippen molar-refractivity contribution in [2.24, 2.45) is 10.1 Å². The number of para-hydroxylation sites is 1. The van der Waals surface area contributed by atoms with Crippen molar-refractivity contribution in [1.82, 2.24) is 4.68 Å². The molecule has 0 saturated carbocycles. The van der Waals surface area contributed by atoms with E-state index in [0.29, 0.717) is 0 Å². The lowest BCUT2D eigenvalue weighted by Crippen LogP contribution is -2.19. The highest BCUT2D eigenvalue weighted by Crippen LogP contribution is 2.31. The molecule has 0 aliphatic heterocycles. The number of methoxy groups -OCH3 is 1. The van der Waals surface area contributed by atoms with Crippen LogP contribution in [0.4, 0.5) is 0 Å². The fourth-order valence-corrected chi connectivity index (χ4v) is 4.76. The molecule has 4 nitrogen and oxygen atoms in total. The third kappa shape index (κ3) is 3.31. The Morgan fingerprint density at radius 3 is 2.68 bits per heavy atom. The predicted molar refractivity (Wildman–Crippen MR) is 117 cm³/mol. The second-order valence-electron chi connectivity index (χ2n) is 7.15. The van der Waals surface area contributed by atoms with Gasteiger partial charge in [-0.3, -0.25) is 4.99 Å². The van der Waals surface area contributed by atoms with E-state index >= 15 is 0 Å². The molecule has 1 aromatic heterocycles. The van der Waals surface area contributed by atoms with E-state index in [9.17, 15) is 0 Å². The summed E-state index contributed by atoms with van der Waals surface area (Å²) in [6.07, 6.45) is 3.23. The Labute approximate surface area is 169 Å². The molecule has 0 amide bonds. The molecule has 0 atom stereocenters. The predicted octanol–water partition coefficient (Wildman–Crippen LogP) is 4.96. The quantitative estimate of drug-likeness (QED) is 0.622. The highest BCUT2D eigenvalue weighted by Gasteiger charge is 2.19. The second kappa shape index (κ2) is 7.76. The van der Waals surface area contributed by atoms with Crippen LogP contribution in [0.1, 0.15) is 35.1 Å². The van der Waals surface area contributed by atoms with Gasteiger partial charge in [0.1, 0.15) is 5.75 Å². The Hall–Kier alpha value is -2.66. The van der Waals surface area contributed by atoms with Crippen molar-refractivity contribution < 1.29 is 4.74 Å². The molecule has 1 aliphatic rings. The van der Waals surface area contributed by atoms with E-state index in [1.807, 2.05) is 29.9 Å². The molecule has 0 spiro atoms. The SMILES string of the molecule is CN=c1scc(-c2ccccc2OC)n1N=C1CCCc2c(C)cc(C)cc21. The van der Waals surface area contributed by atoms with E-state index in [1.54, 1.807) is 18.4 Å². The minimum atomic E-state index is 0.840. The number of fused-ring (bicyclic) bond motifs is 1. The molecule has 5 heteroatoms. The largest absolute Gasteiger partial charge is 0.496 e. The molecule has 144 valence electrons. The molecule has 0 unspecified atom stereocenters. The maximum atomic E-state index is 5.59. The zero-order valence-corrected chi connectivity index (χ0v) is 17.6. The van der Waals surface area contributed by atoms with Gasteiger partial charge in [0.05, 0.1) is 18.5 Å². The Morgan fingerprint density at radius 1 is 1.07 bits per heavy atom. The normalized spacial score (nSPS) is 15.7. The van der Waals surface area contributed by atoms with Crippen molar-refractivity contribution in [2.45, 2.75) is 33.1 Å². The van der Waals surface area contributed by atoms with Crippen molar-refractivity contribution in [3.8, 4) is 17.0 Å². The molecule has 1 heterocycles. The zero-order valence-electron chi connectivity index (χ0n) is 16.8. The second-order valence-corrected chi connectivity index (χ2v) is 7.98. The minimum Gasteiger partial charge on any atom is -0.496 e. The van der Waals surface area contributed by atoms with Crippen LogP contribution in [0.15, 0.2) is 51.9 Å². The molecule has 1 aliphatic carbocycles. The lowest BCUT2D eigenvalue weighted by molar-refractivity contribution is 0.416. The van der Waals surface area contributed by atoms with Crippen LogP contribution in [0.3, 0.4) is 0 Å². The molecule has 0 N–H and O–H groups in total. The van der Waals surface area contributed by atoms with Crippen LogP contribution >= 0.6 is 11.3 Å². The first-order valence-corrected chi connectivity index (χ1v) is 10.5. The molecule has 28 heavy (non-hydrogen) atoms. The van der Waals surface area contributed by atoms with E-state index in [0.717, 1.165) is 46.8 Å². The first kappa shape index (κ1) is 18.7. The fraction of sp³-hybridized carbons (Fsp3) is 0.304. The first-order valence-electron chi connectivity index (χ1n) is 9.57. The third-order valence-electron chi connectivity index (χ3n) is 5.25. The van der Waals surface area contributed by atoms with Gasteiger partial charge in [-0.05, 0) is 62.4 Å². The van der Waals surface area contributed by atoms with Crippen molar-refractivity contribution in [1.29, 1.82) is 0 Å². The Balaban J connectivity index is 1.92. The maximum Gasteiger partial charge on any atom is 0.205 e. The summed E-state index contributed by atoms with van der Waals surface area (Å²) in [6.45, 7) is 4.36.